The van der Waals surface area contributed by atoms with Gasteiger partial charge in [0.05, 0.1) is 0 Å². The van der Waals surface area contributed by atoms with Gasteiger partial charge in [-0.05, 0) is 51.7 Å². The van der Waals surface area contributed by atoms with Gasteiger partial charge in [-0.25, -0.2) is 0 Å². The van der Waals surface area contributed by atoms with Crippen LogP contribution in [-0.2, 0) is 0 Å². The van der Waals surface area contributed by atoms with E-state index in [0.29, 0.717) is 21.4 Å². The fourth-order valence-electron chi connectivity index (χ4n) is 1.18. The highest BCUT2D eigenvalue weighted by atomic mass is 79.9. The molecule has 0 radical (unpaired) electrons. The molecule has 0 bridgehead atoms. The van der Waals surface area contributed by atoms with Crippen molar-refractivity contribution < 1.29 is 4.79 Å². The molecule has 0 amide bonds. The minimum absolute atomic E-state index is 0.0943. The van der Waals surface area contributed by atoms with Gasteiger partial charge in [0.1, 0.15) is 5.69 Å². The molecule has 0 saturated carbocycles. The number of halogens is 1. The number of hydrogen-bond acceptors (Lipinski definition) is 4. The van der Waals surface area contributed by atoms with E-state index in [1.54, 1.807) is 29.6 Å². The molecular weight excluding hydrogens is 276 g/mol. The Balaban J connectivity index is 2.42. The summed E-state index contributed by atoms with van der Waals surface area (Å²) in [5.41, 5.74) is 7.26. The molecule has 1 aromatic carbocycles. The van der Waals surface area contributed by atoms with Crippen LogP contribution < -0.4 is 5.73 Å². The highest BCUT2D eigenvalue weighted by Gasteiger charge is 2.14. The van der Waals surface area contributed by atoms with Gasteiger partial charge in [0.2, 0.25) is 5.78 Å². The number of rotatable bonds is 2. The molecular formula is C10H7BrN2OS. The molecule has 5 heteroatoms. The number of nitrogens with zero attached hydrogens (tertiary/aromatic N) is 1. The van der Waals surface area contributed by atoms with Gasteiger partial charge in [-0.2, -0.15) is 4.37 Å². The molecule has 76 valence electrons. The van der Waals surface area contributed by atoms with Crippen molar-refractivity contribution >= 4 is 38.9 Å². The lowest BCUT2D eigenvalue weighted by Gasteiger charge is -2.02. The van der Waals surface area contributed by atoms with Crippen molar-refractivity contribution in [3.8, 4) is 0 Å². The van der Waals surface area contributed by atoms with Crippen molar-refractivity contribution in [2.45, 2.75) is 0 Å². The van der Waals surface area contributed by atoms with E-state index in [-0.39, 0.29) is 5.78 Å². The van der Waals surface area contributed by atoms with Gasteiger partial charge in [0.25, 0.3) is 0 Å². The van der Waals surface area contributed by atoms with E-state index in [9.17, 15) is 4.79 Å². The van der Waals surface area contributed by atoms with Gasteiger partial charge in [0, 0.05) is 21.1 Å². The second-order valence-electron chi connectivity index (χ2n) is 2.95. The Morgan fingerprint density at radius 3 is 2.80 bits per heavy atom. The number of nitrogen functional groups attached to an aromatic ring is 1. The zero-order valence-electron chi connectivity index (χ0n) is 7.61. The maximum absolute atomic E-state index is 11.9. The summed E-state index contributed by atoms with van der Waals surface area (Å²) in [5, 5.41) is 1.78. The van der Waals surface area contributed by atoms with Crippen LogP contribution in [0.25, 0.3) is 0 Å². The fraction of sp³-hybridized carbons (Fsp3) is 0. The quantitative estimate of drug-likeness (QED) is 0.681. The smallest absolute Gasteiger partial charge is 0.213 e. The maximum Gasteiger partial charge on any atom is 0.213 e. The number of carbonyl (C=O) groups is 1. The summed E-state index contributed by atoms with van der Waals surface area (Å²) in [6.45, 7) is 0. The van der Waals surface area contributed by atoms with Crippen molar-refractivity contribution in [1.82, 2.24) is 4.37 Å². The summed E-state index contributed by atoms with van der Waals surface area (Å²) in [4.78, 5) is 11.9. The molecule has 15 heavy (non-hydrogen) atoms. The normalized spacial score (nSPS) is 10.2. The summed E-state index contributed by atoms with van der Waals surface area (Å²) in [6.07, 6.45) is 0. The van der Waals surface area contributed by atoms with Crippen molar-refractivity contribution in [2.75, 3.05) is 5.73 Å². The highest BCUT2D eigenvalue weighted by molar-refractivity contribution is 9.10. The molecule has 2 rings (SSSR count). The molecule has 0 unspecified atom stereocenters. The average Bonchev–Trinajstić information content (AvgIpc) is 2.69. The Bertz CT molecular complexity index is 496. The monoisotopic (exact) mass is 282 g/mol. The van der Waals surface area contributed by atoms with Crippen LogP contribution in [0.5, 0.6) is 0 Å². The average molecular weight is 283 g/mol. The van der Waals surface area contributed by atoms with Crippen LogP contribution in [0.3, 0.4) is 0 Å². The first-order valence-corrected chi connectivity index (χ1v) is 5.81. The lowest BCUT2D eigenvalue weighted by molar-refractivity contribution is 0.103. The largest absolute Gasteiger partial charge is 0.399 e. The van der Waals surface area contributed by atoms with Crippen LogP contribution in [0.2, 0.25) is 0 Å². The van der Waals surface area contributed by atoms with Crippen molar-refractivity contribution in [3.05, 3.63) is 45.4 Å². The third-order valence-electron chi connectivity index (χ3n) is 1.91. The predicted octanol–water partition coefficient (Wildman–Crippen LogP) is 2.72. The summed E-state index contributed by atoms with van der Waals surface area (Å²) >= 11 is 4.57. The van der Waals surface area contributed by atoms with Gasteiger partial charge in [0.15, 0.2) is 0 Å². The van der Waals surface area contributed by atoms with Gasteiger partial charge >= 0.3 is 0 Å². The topological polar surface area (TPSA) is 56.0 Å². The number of aromatic nitrogens is 1. The third kappa shape index (κ3) is 2.08. The molecule has 1 heterocycles. The Kier molecular flexibility index (Phi) is 2.83. The number of hydrogen-bond donors (Lipinski definition) is 1. The van der Waals surface area contributed by atoms with Crippen LogP contribution in [0.1, 0.15) is 16.1 Å². The Morgan fingerprint density at radius 1 is 1.40 bits per heavy atom. The minimum atomic E-state index is -0.0943. The molecule has 0 saturated heterocycles. The number of anilines is 1. The summed E-state index contributed by atoms with van der Waals surface area (Å²) in [7, 11) is 0. The van der Waals surface area contributed by atoms with Crippen LogP contribution in [0.4, 0.5) is 5.69 Å². The fourth-order valence-corrected chi connectivity index (χ4v) is 2.27. The lowest BCUT2D eigenvalue weighted by Crippen LogP contribution is -2.02. The lowest BCUT2D eigenvalue weighted by atomic mass is 10.1. The summed E-state index contributed by atoms with van der Waals surface area (Å²) < 4.78 is 4.69. The van der Waals surface area contributed by atoms with Crippen molar-refractivity contribution in [1.29, 1.82) is 0 Å². The predicted molar refractivity (Wildman–Crippen MR) is 64.1 cm³/mol. The zero-order valence-corrected chi connectivity index (χ0v) is 10.0. The van der Waals surface area contributed by atoms with Crippen molar-refractivity contribution in [2.24, 2.45) is 0 Å². The van der Waals surface area contributed by atoms with E-state index in [1.165, 1.54) is 11.5 Å². The van der Waals surface area contributed by atoms with Crippen molar-refractivity contribution in [3.63, 3.8) is 0 Å². The summed E-state index contributed by atoms with van der Waals surface area (Å²) in [6, 6.07) is 6.81. The first kappa shape index (κ1) is 10.3. The van der Waals surface area contributed by atoms with Crippen LogP contribution in [0.15, 0.2) is 34.1 Å². The van der Waals surface area contributed by atoms with Crippen LogP contribution in [-0.4, -0.2) is 10.2 Å². The number of benzene rings is 1. The van der Waals surface area contributed by atoms with Crippen LogP contribution >= 0.6 is 27.5 Å². The second kappa shape index (κ2) is 4.12. The number of nitrogens with two attached hydrogens (primary N) is 1. The molecule has 0 aliphatic heterocycles. The standard InChI is InChI=1S/C10H7BrN2OS/c11-8-5-6(12)1-2-7(8)10(14)9-3-4-15-13-9/h1-5H,12H2. The number of ketones is 1. The third-order valence-corrected chi connectivity index (χ3v) is 3.12. The van der Waals surface area contributed by atoms with E-state index >= 15 is 0 Å². The maximum atomic E-state index is 11.9. The van der Waals surface area contributed by atoms with Gasteiger partial charge in [-0.1, -0.05) is 0 Å². The molecule has 0 aliphatic rings. The molecule has 3 nitrogen and oxygen atoms in total. The molecule has 0 fully saturated rings. The SMILES string of the molecule is Nc1ccc(C(=O)c2ccsn2)c(Br)c1. The van der Waals surface area contributed by atoms with Crippen LogP contribution in [0, 0.1) is 0 Å². The molecule has 0 aliphatic carbocycles. The Morgan fingerprint density at radius 2 is 2.20 bits per heavy atom. The van der Waals surface area contributed by atoms with Gasteiger partial charge < -0.3 is 5.73 Å². The van der Waals surface area contributed by atoms with Gasteiger partial charge in [-0.3, -0.25) is 4.79 Å². The molecule has 2 aromatic rings. The minimum Gasteiger partial charge on any atom is -0.399 e. The first-order valence-electron chi connectivity index (χ1n) is 4.18. The molecule has 0 spiro atoms. The Hall–Kier alpha value is -1.20. The first-order chi connectivity index (χ1) is 7.18. The Labute approximate surface area is 99.2 Å². The highest BCUT2D eigenvalue weighted by Crippen LogP contribution is 2.22. The zero-order chi connectivity index (χ0) is 10.8. The van der Waals surface area contributed by atoms with E-state index in [1.807, 2.05) is 0 Å². The van der Waals surface area contributed by atoms with E-state index < -0.39 is 0 Å². The second-order valence-corrected chi connectivity index (χ2v) is 4.47. The van der Waals surface area contributed by atoms with E-state index in [2.05, 4.69) is 20.3 Å². The number of carbonyl (C=O) groups excluding carboxylic acids is 1. The van der Waals surface area contributed by atoms with E-state index in [0.717, 1.165) is 0 Å². The van der Waals surface area contributed by atoms with Gasteiger partial charge in [-0.15, -0.1) is 0 Å². The molecule has 2 N–H and O–H groups in total. The molecule has 1 aromatic heterocycles. The molecule has 0 atom stereocenters. The van der Waals surface area contributed by atoms with E-state index in [4.69, 9.17) is 5.73 Å². The summed E-state index contributed by atoms with van der Waals surface area (Å²) in [5.74, 6) is -0.0943.